The number of hydrogen-bond acceptors (Lipinski definition) is 4. The summed E-state index contributed by atoms with van der Waals surface area (Å²) >= 11 is 0. The fourth-order valence-electron chi connectivity index (χ4n) is 3.74. The Morgan fingerprint density at radius 2 is 2.04 bits per heavy atom. The van der Waals surface area contributed by atoms with Crippen molar-refractivity contribution in [2.24, 2.45) is 7.05 Å². The zero-order valence-electron chi connectivity index (χ0n) is 14.8. The zero-order valence-corrected chi connectivity index (χ0v) is 14.8. The van der Waals surface area contributed by atoms with Gasteiger partial charge in [-0.05, 0) is 31.5 Å². The predicted molar refractivity (Wildman–Crippen MR) is 97.9 cm³/mol. The van der Waals surface area contributed by atoms with Gasteiger partial charge in [0.1, 0.15) is 5.82 Å². The van der Waals surface area contributed by atoms with Crippen molar-refractivity contribution in [2.75, 3.05) is 13.1 Å². The smallest absolute Gasteiger partial charge is 0.132 e. The Kier molecular flexibility index (Phi) is 4.75. The first kappa shape index (κ1) is 16.8. The van der Waals surface area contributed by atoms with Gasteiger partial charge in [-0.25, -0.2) is 4.39 Å². The van der Waals surface area contributed by atoms with Crippen LogP contribution in [-0.4, -0.2) is 37.7 Å². The highest BCUT2D eigenvalue weighted by molar-refractivity contribution is 5.62. The van der Waals surface area contributed by atoms with Gasteiger partial charge in [-0.15, -0.1) is 0 Å². The average Bonchev–Trinajstić information content (AvgIpc) is 3.07. The van der Waals surface area contributed by atoms with Crippen LogP contribution < -0.4 is 0 Å². The van der Waals surface area contributed by atoms with E-state index in [1.165, 1.54) is 11.6 Å². The molecular formula is C20H22FN5. The van der Waals surface area contributed by atoms with Crippen molar-refractivity contribution in [3.05, 3.63) is 66.1 Å². The number of aryl methyl sites for hydroxylation is 1. The highest BCUT2D eigenvalue weighted by Gasteiger charge is 2.26. The highest BCUT2D eigenvalue weighted by atomic mass is 19.1. The Morgan fingerprint density at radius 3 is 2.85 bits per heavy atom. The van der Waals surface area contributed by atoms with E-state index >= 15 is 0 Å². The standard InChI is InChI=1S/C20H22FN5/c1-25-12-15(11-24-25)13-26-10-4-5-16(14-26)19-20(23-9-8-22-19)17-6-2-3-7-18(17)21/h2-3,6-9,11-12,16H,4-5,10,13-14H2,1H3. The largest absolute Gasteiger partial charge is 0.298 e. The van der Waals surface area contributed by atoms with E-state index in [2.05, 4.69) is 26.2 Å². The second kappa shape index (κ2) is 7.33. The summed E-state index contributed by atoms with van der Waals surface area (Å²) in [6, 6.07) is 6.79. The lowest BCUT2D eigenvalue weighted by molar-refractivity contribution is 0.198. The minimum Gasteiger partial charge on any atom is -0.298 e. The van der Waals surface area contributed by atoms with Gasteiger partial charge in [0, 0.05) is 55.8 Å². The Balaban J connectivity index is 1.58. The lowest BCUT2D eigenvalue weighted by Crippen LogP contribution is -2.34. The van der Waals surface area contributed by atoms with Crippen molar-refractivity contribution in [1.29, 1.82) is 0 Å². The molecule has 0 radical (unpaired) electrons. The Labute approximate surface area is 152 Å². The molecule has 1 fully saturated rings. The summed E-state index contributed by atoms with van der Waals surface area (Å²) in [5.41, 5.74) is 3.30. The molecule has 3 aromatic rings. The summed E-state index contributed by atoms with van der Waals surface area (Å²) in [7, 11) is 1.93. The van der Waals surface area contributed by atoms with Crippen LogP contribution in [0.3, 0.4) is 0 Å². The Hall–Kier alpha value is -2.60. The maximum Gasteiger partial charge on any atom is 0.132 e. The molecule has 134 valence electrons. The van der Waals surface area contributed by atoms with E-state index in [-0.39, 0.29) is 11.7 Å². The lowest BCUT2D eigenvalue weighted by atomic mass is 9.91. The van der Waals surface area contributed by atoms with Gasteiger partial charge < -0.3 is 0 Å². The molecule has 2 aromatic heterocycles. The molecule has 6 heteroatoms. The molecule has 0 N–H and O–H groups in total. The van der Waals surface area contributed by atoms with E-state index < -0.39 is 0 Å². The van der Waals surface area contributed by atoms with Gasteiger partial charge in [0.2, 0.25) is 0 Å². The van der Waals surface area contributed by atoms with Gasteiger partial charge in [-0.1, -0.05) is 12.1 Å². The number of benzene rings is 1. The van der Waals surface area contributed by atoms with Crippen molar-refractivity contribution >= 4 is 0 Å². The number of rotatable bonds is 4. The maximum atomic E-state index is 14.3. The number of halogens is 1. The van der Waals surface area contributed by atoms with Crippen LogP contribution in [0.4, 0.5) is 4.39 Å². The number of likely N-dealkylation sites (tertiary alicyclic amines) is 1. The van der Waals surface area contributed by atoms with E-state index in [0.717, 1.165) is 38.2 Å². The molecular weight excluding hydrogens is 329 g/mol. The average molecular weight is 351 g/mol. The van der Waals surface area contributed by atoms with E-state index in [1.54, 1.807) is 24.5 Å². The summed E-state index contributed by atoms with van der Waals surface area (Å²) in [5, 5.41) is 4.25. The minimum absolute atomic E-state index is 0.253. The number of piperidine rings is 1. The highest BCUT2D eigenvalue weighted by Crippen LogP contribution is 2.33. The molecule has 1 unspecified atom stereocenters. The van der Waals surface area contributed by atoms with E-state index in [1.807, 2.05) is 24.0 Å². The van der Waals surface area contributed by atoms with Crippen molar-refractivity contribution in [3.63, 3.8) is 0 Å². The van der Waals surface area contributed by atoms with E-state index in [0.29, 0.717) is 11.3 Å². The lowest BCUT2D eigenvalue weighted by Gasteiger charge is -2.32. The third-order valence-corrected chi connectivity index (χ3v) is 4.91. The number of nitrogens with zero attached hydrogens (tertiary/aromatic N) is 5. The van der Waals surface area contributed by atoms with Crippen LogP contribution in [-0.2, 0) is 13.6 Å². The molecule has 1 aliphatic heterocycles. The number of aromatic nitrogens is 4. The second-order valence-electron chi connectivity index (χ2n) is 6.87. The molecule has 0 spiro atoms. The quantitative estimate of drug-likeness (QED) is 0.723. The number of hydrogen-bond donors (Lipinski definition) is 0. The summed E-state index contributed by atoms with van der Waals surface area (Å²) in [6.45, 7) is 2.83. The van der Waals surface area contributed by atoms with Gasteiger partial charge >= 0.3 is 0 Å². The molecule has 0 bridgehead atoms. The zero-order chi connectivity index (χ0) is 17.9. The van der Waals surface area contributed by atoms with Gasteiger partial charge in [-0.2, -0.15) is 5.10 Å². The van der Waals surface area contributed by atoms with Crippen molar-refractivity contribution < 1.29 is 4.39 Å². The minimum atomic E-state index is -0.253. The molecule has 1 aliphatic rings. The van der Waals surface area contributed by atoms with Crippen LogP contribution in [0.25, 0.3) is 11.3 Å². The summed E-state index contributed by atoms with van der Waals surface area (Å²) in [4.78, 5) is 11.5. The van der Waals surface area contributed by atoms with Gasteiger partial charge in [0.15, 0.2) is 0 Å². The van der Waals surface area contributed by atoms with Gasteiger partial charge in [0.05, 0.1) is 17.6 Å². The van der Waals surface area contributed by atoms with Crippen LogP contribution in [0.2, 0.25) is 0 Å². The fraction of sp³-hybridized carbons (Fsp3) is 0.350. The first-order valence-corrected chi connectivity index (χ1v) is 8.96. The van der Waals surface area contributed by atoms with Crippen LogP contribution in [0.5, 0.6) is 0 Å². The molecule has 0 saturated carbocycles. The van der Waals surface area contributed by atoms with Crippen LogP contribution in [0, 0.1) is 5.82 Å². The topological polar surface area (TPSA) is 46.8 Å². The monoisotopic (exact) mass is 351 g/mol. The molecule has 5 nitrogen and oxygen atoms in total. The third-order valence-electron chi connectivity index (χ3n) is 4.91. The molecule has 1 atom stereocenters. The first-order chi connectivity index (χ1) is 12.7. The Morgan fingerprint density at radius 1 is 1.19 bits per heavy atom. The molecule has 4 rings (SSSR count). The molecule has 3 heterocycles. The van der Waals surface area contributed by atoms with E-state index in [4.69, 9.17) is 0 Å². The second-order valence-corrected chi connectivity index (χ2v) is 6.87. The van der Waals surface area contributed by atoms with Crippen molar-refractivity contribution in [3.8, 4) is 11.3 Å². The molecule has 0 amide bonds. The molecule has 26 heavy (non-hydrogen) atoms. The Bertz CT molecular complexity index is 891. The summed E-state index contributed by atoms with van der Waals surface area (Å²) in [6.07, 6.45) is 9.45. The van der Waals surface area contributed by atoms with Crippen molar-refractivity contribution in [2.45, 2.75) is 25.3 Å². The van der Waals surface area contributed by atoms with Gasteiger partial charge in [0.25, 0.3) is 0 Å². The molecule has 0 aliphatic carbocycles. The normalized spacial score (nSPS) is 18.2. The molecule has 1 saturated heterocycles. The predicted octanol–water partition coefficient (Wildman–Crippen LogP) is 3.40. The van der Waals surface area contributed by atoms with Crippen molar-refractivity contribution in [1.82, 2.24) is 24.6 Å². The van der Waals surface area contributed by atoms with Crippen LogP contribution in [0.1, 0.15) is 30.0 Å². The maximum absolute atomic E-state index is 14.3. The van der Waals surface area contributed by atoms with Gasteiger partial charge in [-0.3, -0.25) is 19.5 Å². The fourth-order valence-corrected chi connectivity index (χ4v) is 3.74. The molecule has 1 aromatic carbocycles. The first-order valence-electron chi connectivity index (χ1n) is 8.96. The van der Waals surface area contributed by atoms with Crippen LogP contribution >= 0.6 is 0 Å². The SMILES string of the molecule is Cn1cc(CN2CCCC(c3nccnc3-c3ccccc3F)C2)cn1. The summed E-state index contributed by atoms with van der Waals surface area (Å²) in [5.74, 6) is 0.000929. The summed E-state index contributed by atoms with van der Waals surface area (Å²) < 4.78 is 16.1. The van der Waals surface area contributed by atoms with Crippen LogP contribution in [0.15, 0.2) is 49.1 Å². The van der Waals surface area contributed by atoms with E-state index in [9.17, 15) is 4.39 Å². The third kappa shape index (κ3) is 3.51.